The minimum atomic E-state index is -2.90. The summed E-state index contributed by atoms with van der Waals surface area (Å²) in [5.41, 5.74) is 8.90. The molecule has 5 N–H and O–H groups in total. The van der Waals surface area contributed by atoms with Crippen LogP contribution in [-0.4, -0.2) is 58.6 Å². The molecule has 1 aliphatic rings. The molecule has 1 fully saturated rings. The van der Waals surface area contributed by atoms with Crippen molar-refractivity contribution in [2.45, 2.75) is 64.6 Å². The normalized spacial score (nSPS) is 16.8. The molecule has 1 aromatic heterocycles. The van der Waals surface area contributed by atoms with Gasteiger partial charge in [0.2, 0.25) is 0 Å². The van der Waals surface area contributed by atoms with E-state index < -0.39 is 35.9 Å². The number of nitrogens with one attached hydrogen (secondary N) is 2. The fourth-order valence-corrected chi connectivity index (χ4v) is 6.68. The smallest absolute Gasteiger partial charge is 0.263 e. The zero-order chi connectivity index (χ0) is 34.8. The van der Waals surface area contributed by atoms with Gasteiger partial charge in [-0.05, 0) is 73.2 Å². The molecule has 2 aromatic carbocycles. The predicted octanol–water partition coefficient (Wildman–Crippen LogP) is 6.27. The van der Waals surface area contributed by atoms with Crippen LogP contribution in [0.25, 0.3) is 0 Å². The van der Waals surface area contributed by atoms with Crippen molar-refractivity contribution in [1.29, 1.82) is 0 Å². The molecule has 0 saturated carbocycles. The number of carbonyl (C=O) groups excluding carboxylic acids is 2. The van der Waals surface area contributed by atoms with Gasteiger partial charge in [0, 0.05) is 47.4 Å². The monoisotopic (exact) mass is 677 g/mol. The molecular weight excluding hydrogens is 633 g/mol. The van der Waals surface area contributed by atoms with E-state index >= 15 is 0 Å². The first-order valence-electron chi connectivity index (χ1n) is 16.1. The van der Waals surface area contributed by atoms with E-state index in [0.717, 1.165) is 52.4 Å². The van der Waals surface area contributed by atoms with E-state index in [1.54, 1.807) is 11.0 Å². The first kappa shape index (κ1) is 36.6. The third-order valence-electron chi connectivity index (χ3n) is 8.38. The van der Waals surface area contributed by atoms with Gasteiger partial charge in [-0.1, -0.05) is 62.9 Å². The lowest BCUT2D eigenvalue weighted by atomic mass is 9.99. The van der Waals surface area contributed by atoms with Crippen LogP contribution in [0.2, 0.25) is 0 Å². The molecule has 4 rings (SSSR count). The Bertz CT molecular complexity index is 1620. The molecule has 0 radical (unpaired) electrons. The summed E-state index contributed by atoms with van der Waals surface area (Å²) in [5, 5.41) is 20.1. The van der Waals surface area contributed by atoms with Crippen LogP contribution in [0.3, 0.4) is 0 Å². The summed E-state index contributed by atoms with van der Waals surface area (Å²) < 4.78 is 28.2. The maximum atomic E-state index is 14.1. The molecule has 0 bridgehead atoms. The van der Waals surface area contributed by atoms with Crippen LogP contribution < -0.4 is 16.4 Å². The molecule has 3 atom stereocenters. The third-order valence-corrected chi connectivity index (χ3v) is 9.45. The second kappa shape index (κ2) is 17.3. The van der Waals surface area contributed by atoms with Crippen molar-refractivity contribution in [2.24, 2.45) is 11.7 Å². The van der Waals surface area contributed by atoms with Gasteiger partial charge in [-0.25, -0.2) is 13.8 Å². The van der Waals surface area contributed by atoms with Crippen LogP contribution in [0.15, 0.2) is 90.0 Å². The number of allylic oxidation sites excluding steroid dienone is 2. The molecule has 2 amide bonds. The summed E-state index contributed by atoms with van der Waals surface area (Å²) in [6, 6.07) is 11.9. The molecule has 1 aliphatic heterocycles. The molecule has 48 heavy (non-hydrogen) atoms. The van der Waals surface area contributed by atoms with Gasteiger partial charge in [0.05, 0.1) is 18.2 Å². The van der Waals surface area contributed by atoms with Gasteiger partial charge in [-0.15, -0.1) is 11.3 Å². The molecular formula is C37H45F2N5O3S. The lowest BCUT2D eigenvalue weighted by molar-refractivity contribution is 0.0734. The van der Waals surface area contributed by atoms with E-state index in [4.69, 9.17) is 5.73 Å². The SMILES string of the molecule is C=C/C(=C\C(=C/N)CNC[C@@H](O)[C@H](Cc1ccccc1)NC(=O)c1cc(C(=O)N2CCC[C@@H]2c2nc(C)cs2)cc(C(F)F)c1)C(C)C. The van der Waals surface area contributed by atoms with Crippen molar-refractivity contribution < 1.29 is 23.5 Å². The number of carbonyl (C=O) groups is 2. The predicted molar refractivity (Wildman–Crippen MR) is 187 cm³/mol. The number of aromatic nitrogens is 1. The second-order valence-corrected chi connectivity index (χ2v) is 13.2. The van der Waals surface area contributed by atoms with Gasteiger partial charge in [0.15, 0.2) is 0 Å². The number of aliphatic hydroxyl groups is 1. The number of hydrogen-bond acceptors (Lipinski definition) is 7. The zero-order valence-electron chi connectivity index (χ0n) is 27.7. The van der Waals surface area contributed by atoms with Crippen molar-refractivity contribution in [3.63, 3.8) is 0 Å². The van der Waals surface area contributed by atoms with Crippen molar-refractivity contribution >= 4 is 23.2 Å². The molecule has 256 valence electrons. The van der Waals surface area contributed by atoms with Crippen LogP contribution >= 0.6 is 11.3 Å². The number of hydrogen-bond donors (Lipinski definition) is 4. The Morgan fingerprint density at radius 2 is 1.92 bits per heavy atom. The highest BCUT2D eigenvalue weighted by Crippen LogP contribution is 2.35. The van der Waals surface area contributed by atoms with E-state index in [9.17, 15) is 23.5 Å². The Hall–Kier alpha value is -4.19. The average Bonchev–Trinajstić information content (AvgIpc) is 3.74. The second-order valence-electron chi connectivity index (χ2n) is 12.3. The number of alkyl halides is 2. The maximum Gasteiger partial charge on any atom is 0.263 e. The van der Waals surface area contributed by atoms with Crippen LogP contribution in [0.1, 0.15) is 81.7 Å². The van der Waals surface area contributed by atoms with E-state index in [1.165, 1.54) is 23.6 Å². The zero-order valence-corrected chi connectivity index (χ0v) is 28.5. The Labute approximate surface area is 285 Å². The van der Waals surface area contributed by atoms with Gasteiger partial charge >= 0.3 is 0 Å². The number of thiazole rings is 1. The lowest BCUT2D eigenvalue weighted by Crippen LogP contribution is -2.49. The van der Waals surface area contributed by atoms with Crippen molar-refractivity contribution in [3.05, 3.63) is 123 Å². The lowest BCUT2D eigenvalue weighted by Gasteiger charge is -2.26. The Morgan fingerprint density at radius 3 is 2.54 bits per heavy atom. The van der Waals surface area contributed by atoms with Crippen LogP contribution in [0.4, 0.5) is 8.78 Å². The fraction of sp³-hybridized carbons (Fsp3) is 0.378. The molecule has 11 heteroatoms. The van der Waals surface area contributed by atoms with Crippen molar-refractivity contribution in [3.8, 4) is 0 Å². The van der Waals surface area contributed by atoms with Gasteiger partial charge in [0.25, 0.3) is 18.2 Å². The summed E-state index contributed by atoms with van der Waals surface area (Å²) in [5.74, 6) is -0.841. The van der Waals surface area contributed by atoms with Gasteiger partial charge < -0.3 is 26.4 Å². The topological polar surface area (TPSA) is 121 Å². The molecule has 8 nitrogen and oxygen atoms in total. The molecule has 0 spiro atoms. The minimum Gasteiger partial charge on any atom is -0.404 e. The number of nitrogens with two attached hydrogens (primary N) is 1. The Morgan fingerprint density at radius 1 is 1.19 bits per heavy atom. The average molecular weight is 678 g/mol. The molecule has 0 aliphatic carbocycles. The summed E-state index contributed by atoms with van der Waals surface area (Å²) in [4.78, 5) is 33.6. The maximum absolute atomic E-state index is 14.1. The van der Waals surface area contributed by atoms with E-state index in [-0.39, 0.29) is 36.1 Å². The largest absolute Gasteiger partial charge is 0.404 e. The fourth-order valence-electron chi connectivity index (χ4n) is 5.73. The summed E-state index contributed by atoms with van der Waals surface area (Å²) in [6.45, 7) is 10.8. The van der Waals surface area contributed by atoms with Gasteiger partial charge in [0.1, 0.15) is 5.01 Å². The number of aryl methyl sites for hydroxylation is 1. The molecule has 2 heterocycles. The number of benzene rings is 2. The summed E-state index contributed by atoms with van der Waals surface area (Å²) >= 11 is 1.47. The number of nitrogens with zero attached hydrogens (tertiary/aromatic N) is 2. The van der Waals surface area contributed by atoms with Crippen LogP contribution in [0.5, 0.6) is 0 Å². The standard InChI is InChI=1S/C37H45F2N5O3S/c1-5-27(23(2)3)14-26(19-40)20-41-21-33(45)31(15-25-10-7-6-8-11-25)43-35(46)29-16-28(34(38)39)17-30(18-29)37(47)44-13-9-12-32(44)36-42-24(4)22-48-36/h5-8,10-11,14,16-19,22-23,31-34,41,45H,1,9,12-13,15,20-21,40H2,2-4H3,(H,43,46)/b26-19+,27-14+/t31-,32+,33+/m0/s1. The molecule has 3 aromatic rings. The van der Waals surface area contributed by atoms with Crippen LogP contribution in [0, 0.1) is 12.8 Å². The number of amides is 2. The highest BCUT2D eigenvalue weighted by molar-refractivity contribution is 7.09. The molecule has 0 unspecified atom stereocenters. The highest BCUT2D eigenvalue weighted by atomic mass is 32.1. The van der Waals surface area contributed by atoms with Crippen molar-refractivity contribution in [1.82, 2.24) is 20.5 Å². The van der Waals surface area contributed by atoms with Crippen LogP contribution in [-0.2, 0) is 6.42 Å². The van der Waals surface area contributed by atoms with Gasteiger partial charge in [-0.3, -0.25) is 9.59 Å². The Kier molecular flexibility index (Phi) is 13.2. The first-order chi connectivity index (χ1) is 23.0. The number of aliphatic hydroxyl groups excluding tert-OH is 1. The number of halogens is 2. The van der Waals surface area contributed by atoms with E-state index in [0.29, 0.717) is 13.1 Å². The number of likely N-dealkylation sites (tertiary alicyclic amines) is 1. The highest BCUT2D eigenvalue weighted by Gasteiger charge is 2.33. The summed E-state index contributed by atoms with van der Waals surface area (Å²) in [6.07, 6.45) is 3.03. The Balaban J connectivity index is 1.54. The number of rotatable bonds is 15. The summed E-state index contributed by atoms with van der Waals surface area (Å²) in [7, 11) is 0. The van der Waals surface area contributed by atoms with E-state index in [2.05, 4.69) is 36.0 Å². The van der Waals surface area contributed by atoms with Gasteiger partial charge in [-0.2, -0.15) is 0 Å². The third kappa shape index (κ3) is 9.68. The van der Waals surface area contributed by atoms with Crippen molar-refractivity contribution in [2.75, 3.05) is 19.6 Å². The first-order valence-corrected chi connectivity index (χ1v) is 17.0. The minimum absolute atomic E-state index is 0.00870. The quantitative estimate of drug-likeness (QED) is 0.141. The van der Waals surface area contributed by atoms with E-state index in [1.807, 2.05) is 48.7 Å². The molecule has 1 saturated heterocycles.